The lowest BCUT2D eigenvalue weighted by Gasteiger charge is -2.21. The third-order valence-corrected chi connectivity index (χ3v) is 3.13. The van der Waals surface area contributed by atoms with Crippen LogP contribution in [0.1, 0.15) is 30.5 Å². The number of rotatable bonds is 8. The molecule has 0 aromatic heterocycles. The maximum atomic E-state index is 6.21. The molecule has 0 radical (unpaired) electrons. The average Bonchev–Trinajstić information content (AvgIpc) is 2.37. The molecule has 0 aliphatic heterocycles. The minimum absolute atomic E-state index is 0.0718. The summed E-state index contributed by atoms with van der Waals surface area (Å²) < 4.78 is 5.06. The summed E-state index contributed by atoms with van der Waals surface area (Å²) in [5.74, 6) is 0. The van der Waals surface area contributed by atoms with E-state index < -0.39 is 0 Å². The molecule has 0 bridgehead atoms. The largest absolute Gasteiger partial charge is 0.383 e. The second-order valence-corrected chi connectivity index (χ2v) is 4.85. The predicted octanol–water partition coefficient (Wildman–Crippen LogP) is 2.22. The number of aryl methyl sites for hydroxylation is 1. The van der Waals surface area contributed by atoms with Crippen molar-refractivity contribution >= 4 is 0 Å². The molecule has 18 heavy (non-hydrogen) atoms. The summed E-state index contributed by atoms with van der Waals surface area (Å²) in [6.45, 7) is 4.72. The number of ether oxygens (including phenoxy) is 1. The summed E-state index contributed by atoms with van der Waals surface area (Å²) in [7, 11) is 3.80. The summed E-state index contributed by atoms with van der Waals surface area (Å²) in [5, 5.41) is 0. The van der Waals surface area contributed by atoms with E-state index in [1.807, 2.05) is 0 Å². The van der Waals surface area contributed by atoms with E-state index in [9.17, 15) is 0 Å². The van der Waals surface area contributed by atoms with Gasteiger partial charge < -0.3 is 15.4 Å². The fourth-order valence-electron chi connectivity index (χ4n) is 2.00. The summed E-state index contributed by atoms with van der Waals surface area (Å²) in [5.41, 5.74) is 8.81. The van der Waals surface area contributed by atoms with E-state index in [2.05, 4.69) is 43.1 Å². The highest BCUT2D eigenvalue weighted by Gasteiger charge is 2.09. The van der Waals surface area contributed by atoms with Crippen LogP contribution in [0.3, 0.4) is 0 Å². The van der Waals surface area contributed by atoms with Gasteiger partial charge in [-0.3, -0.25) is 0 Å². The summed E-state index contributed by atoms with van der Waals surface area (Å²) in [6, 6.07) is 8.75. The predicted molar refractivity (Wildman–Crippen MR) is 76.7 cm³/mol. The normalized spacial score (nSPS) is 12.9. The van der Waals surface area contributed by atoms with Gasteiger partial charge in [0.15, 0.2) is 0 Å². The molecule has 0 saturated heterocycles. The van der Waals surface area contributed by atoms with Crippen LogP contribution in [0.15, 0.2) is 24.3 Å². The van der Waals surface area contributed by atoms with Crippen molar-refractivity contribution in [2.24, 2.45) is 5.73 Å². The molecular formula is C15H26N2O. The first-order valence-electron chi connectivity index (χ1n) is 6.69. The Kier molecular flexibility index (Phi) is 6.94. The fourth-order valence-corrected chi connectivity index (χ4v) is 2.00. The Morgan fingerprint density at radius 1 is 1.28 bits per heavy atom. The Hall–Kier alpha value is -0.900. The first-order valence-corrected chi connectivity index (χ1v) is 6.69. The lowest BCUT2D eigenvalue weighted by Crippen LogP contribution is -2.31. The van der Waals surface area contributed by atoms with Gasteiger partial charge in [-0.2, -0.15) is 0 Å². The van der Waals surface area contributed by atoms with E-state index in [0.717, 1.165) is 26.1 Å². The van der Waals surface area contributed by atoms with Crippen molar-refractivity contribution in [1.82, 2.24) is 4.90 Å². The monoisotopic (exact) mass is 250 g/mol. The van der Waals surface area contributed by atoms with Crippen LogP contribution < -0.4 is 5.73 Å². The Morgan fingerprint density at radius 3 is 2.50 bits per heavy atom. The molecule has 3 heteroatoms. The van der Waals surface area contributed by atoms with Crippen molar-refractivity contribution in [3.63, 3.8) is 0 Å². The molecule has 1 atom stereocenters. The zero-order valence-electron chi connectivity index (χ0n) is 11.9. The van der Waals surface area contributed by atoms with Gasteiger partial charge in [-0.15, -0.1) is 0 Å². The number of hydrogen-bond donors (Lipinski definition) is 1. The SMILES string of the molecule is CCCc1ccc(C(N)CN(C)CCOC)cc1. The molecule has 1 rings (SSSR count). The number of nitrogens with two attached hydrogens (primary N) is 1. The molecule has 0 spiro atoms. The maximum Gasteiger partial charge on any atom is 0.0589 e. The highest BCUT2D eigenvalue weighted by molar-refractivity contribution is 5.25. The summed E-state index contributed by atoms with van der Waals surface area (Å²) in [4.78, 5) is 2.20. The van der Waals surface area contributed by atoms with Crippen molar-refractivity contribution in [3.05, 3.63) is 35.4 Å². The van der Waals surface area contributed by atoms with Crippen LogP contribution in [-0.2, 0) is 11.2 Å². The standard InChI is InChI=1S/C15H26N2O/c1-4-5-13-6-8-14(9-7-13)15(16)12-17(2)10-11-18-3/h6-9,15H,4-5,10-12,16H2,1-3H3. The molecule has 0 heterocycles. The summed E-state index contributed by atoms with van der Waals surface area (Å²) in [6.07, 6.45) is 2.33. The van der Waals surface area contributed by atoms with Crippen molar-refractivity contribution in [2.45, 2.75) is 25.8 Å². The Bertz CT molecular complexity index is 324. The van der Waals surface area contributed by atoms with Gasteiger partial charge in [0.05, 0.1) is 6.61 Å². The smallest absolute Gasteiger partial charge is 0.0589 e. The Labute approximate surface area is 111 Å². The Balaban J connectivity index is 2.47. The van der Waals surface area contributed by atoms with Crippen LogP contribution in [0.5, 0.6) is 0 Å². The first kappa shape index (κ1) is 15.2. The molecule has 1 aromatic carbocycles. The molecule has 102 valence electrons. The molecule has 0 fully saturated rings. The first-order chi connectivity index (χ1) is 8.67. The lowest BCUT2D eigenvalue weighted by atomic mass is 10.0. The van der Waals surface area contributed by atoms with Crippen LogP contribution in [-0.4, -0.2) is 38.8 Å². The number of likely N-dealkylation sites (N-methyl/N-ethyl adjacent to an activating group) is 1. The van der Waals surface area contributed by atoms with Crippen LogP contribution in [0.25, 0.3) is 0 Å². The molecular weight excluding hydrogens is 224 g/mol. The lowest BCUT2D eigenvalue weighted by molar-refractivity contribution is 0.158. The highest BCUT2D eigenvalue weighted by Crippen LogP contribution is 2.13. The third kappa shape index (κ3) is 5.17. The van der Waals surface area contributed by atoms with Gasteiger partial charge in [0.1, 0.15) is 0 Å². The zero-order valence-corrected chi connectivity index (χ0v) is 11.9. The third-order valence-electron chi connectivity index (χ3n) is 3.13. The van der Waals surface area contributed by atoms with Crippen LogP contribution in [0, 0.1) is 0 Å². The van der Waals surface area contributed by atoms with Gasteiger partial charge in [0, 0.05) is 26.2 Å². The molecule has 0 aliphatic rings. The van der Waals surface area contributed by atoms with Crippen molar-refractivity contribution < 1.29 is 4.74 Å². The van der Waals surface area contributed by atoms with Gasteiger partial charge in [-0.05, 0) is 24.6 Å². The number of hydrogen-bond acceptors (Lipinski definition) is 3. The van der Waals surface area contributed by atoms with Crippen LogP contribution in [0.4, 0.5) is 0 Å². The average molecular weight is 250 g/mol. The van der Waals surface area contributed by atoms with Gasteiger partial charge >= 0.3 is 0 Å². The topological polar surface area (TPSA) is 38.5 Å². The second kappa shape index (κ2) is 8.25. The van der Waals surface area contributed by atoms with Crippen LogP contribution in [0.2, 0.25) is 0 Å². The van der Waals surface area contributed by atoms with E-state index in [1.165, 1.54) is 17.5 Å². The molecule has 1 unspecified atom stereocenters. The van der Waals surface area contributed by atoms with E-state index in [-0.39, 0.29) is 6.04 Å². The van der Waals surface area contributed by atoms with Gasteiger partial charge in [-0.1, -0.05) is 37.6 Å². The minimum atomic E-state index is 0.0718. The molecule has 0 amide bonds. The number of methoxy groups -OCH3 is 1. The van der Waals surface area contributed by atoms with Gasteiger partial charge in [0.2, 0.25) is 0 Å². The molecule has 2 N–H and O–H groups in total. The fraction of sp³-hybridized carbons (Fsp3) is 0.600. The van der Waals surface area contributed by atoms with Crippen molar-refractivity contribution in [2.75, 3.05) is 33.9 Å². The Morgan fingerprint density at radius 2 is 1.94 bits per heavy atom. The van der Waals surface area contributed by atoms with Gasteiger partial charge in [-0.25, -0.2) is 0 Å². The van der Waals surface area contributed by atoms with E-state index in [0.29, 0.717) is 0 Å². The van der Waals surface area contributed by atoms with Crippen molar-refractivity contribution in [3.8, 4) is 0 Å². The second-order valence-electron chi connectivity index (χ2n) is 4.85. The maximum absolute atomic E-state index is 6.21. The van der Waals surface area contributed by atoms with Crippen molar-refractivity contribution in [1.29, 1.82) is 0 Å². The van der Waals surface area contributed by atoms with Crippen LogP contribution >= 0.6 is 0 Å². The molecule has 1 aromatic rings. The highest BCUT2D eigenvalue weighted by atomic mass is 16.5. The minimum Gasteiger partial charge on any atom is -0.383 e. The van der Waals surface area contributed by atoms with Gasteiger partial charge in [0.25, 0.3) is 0 Å². The molecule has 0 aliphatic carbocycles. The van der Waals surface area contributed by atoms with E-state index in [1.54, 1.807) is 7.11 Å². The molecule has 3 nitrogen and oxygen atoms in total. The number of benzene rings is 1. The quantitative estimate of drug-likeness (QED) is 0.769. The number of nitrogens with zero attached hydrogens (tertiary/aromatic N) is 1. The van der Waals surface area contributed by atoms with E-state index >= 15 is 0 Å². The molecule has 0 saturated carbocycles. The van der Waals surface area contributed by atoms with E-state index in [4.69, 9.17) is 10.5 Å². The zero-order chi connectivity index (χ0) is 13.4. The summed E-state index contributed by atoms with van der Waals surface area (Å²) >= 11 is 0.